The number of fused-ring (bicyclic) bond motifs is 1. The van der Waals surface area contributed by atoms with E-state index in [1.165, 1.54) is 0 Å². The van der Waals surface area contributed by atoms with Crippen molar-refractivity contribution < 1.29 is 0 Å². The Balaban J connectivity index is 1.77. The van der Waals surface area contributed by atoms with Gasteiger partial charge in [0.1, 0.15) is 0 Å². The Morgan fingerprint density at radius 2 is 2.11 bits per heavy atom. The quantitative estimate of drug-likeness (QED) is 0.661. The molecule has 3 aromatic rings. The highest BCUT2D eigenvalue weighted by molar-refractivity contribution is 5.78. The standard InChI is InChI=1S/C14H14N4O/c19-14-12(9-15-6-10-7-16-17-8-10)5-11-3-1-2-4-13(11)18-14/h1-5,7-8,15H,6,9H2,(H,16,17)(H,18,19). The van der Waals surface area contributed by atoms with Gasteiger partial charge < -0.3 is 10.3 Å². The van der Waals surface area contributed by atoms with Crippen molar-refractivity contribution in [1.29, 1.82) is 0 Å². The minimum Gasteiger partial charge on any atom is -0.322 e. The number of nitrogens with one attached hydrogen (secondary N) is 3. The fourth-order valence-electron chi connectivity index (χ4n) is 2.04. The number of pyridine rings is 1. The number of aromatic nitrogens is 3. The first kappa shape index (κ1) is 11.7. The SMILES string of the molecule is O=c1[nH]c2ccccc2cc1CNCc1cn[nH]c1. The lowest BCUT2D eigenvalue weighted by atomic mass is 10.1. The van der Waals surface area contributed by atoms with Crippen molar-refractivity contribution >= 4 is 10.9 Å². The number of hydrogen-bond donors (Lipinski definition) is 3. The summed E-state index contributed by atoms with van der Waals surface area (Å²) < 4.78 is 0. The average molecular weight is 254 g/mol. The molecule has 0 fully saturated rings. The Bertz CT molecular complexity index is 731. The highest BCUT2D eigenvalue weighted by Gasteiger charge is 2.02. The topological polar surface area (TPSA) is 73.6 Å². The van der Waals surface area contributed by atoms with Gasteiger partial charge in [-0.15, -0.1) is 0 Å². The van der Waals surface area contributed by atoms with Gasteiger partial charge in [0.05, 0.1) is 6.20 Å². The van der Waals surface area contributed by atoms with Crippen molar-refractivity contribution in [3.05, 3.63) is 64.2 Å². The summed E-state index contributed by atoms with van der Waals surface area (Å²) in [6, 6.07) is 9.69. The van der Waals surface area contributed by atoms with Crippen LogP contribution < -0.4 is 10.9 Å². The maximum atomic E-state index is 11.9. The van der Waals surface area contributed by atoms with E-state index in [1.807, 2.05) is 36.5 Å². The summed E-state index contributed by atoms with van der Waals surface area (Å²) >= 11 is 0. The third-order valence-electron chi connectivity index (χ3n) is 3.03. The van der Waals surface area contributed by atoms with Crippen LogP contribution in [-0.4, -0.2) is 15.2 Å². The summed E-state index contributed by atoms with van der Waals surface area (Å²) in [5, 5.41) is 10.9. The molecular weight excluding hydrogens is 240 g/mol. The smallest absolute Gasteiger partial charge is 0.252 e. The molecule has 5 heteroatoms. The summed E-state index contributed by atoms with van der Waals surface area (Å²) in [4.78, 5) is 14.8. The van der Waals surface area contributed by atoms with E-state index in [0.717, 1.165) is 22.0 Å². The van der Waals surface area contributed by atoms with Gasteiger partial charge in [0.2, 0.25) is 0 Å². The highest BCUT2D eigenvalue weighted by atomic mass is 16.1. The highest BCUT2D eigenvalue weighted by Crippen LogP contribution is 2.09. The number of aromatic amines is 2. The lowest BCUT2D eigenvalue weighted by Gasteiger charge is -2.04. The van der Waals surface area contributed by atoms with Crippen molar-refractivity contribution in [2.75, 3.05) is 0 Å². The number of nitrogens with zero attached hydrogens (tertiary/aromatic N) is 1. The molecule has 0 amide bonds. The third kappa shape index (κ3) is 2.56. The second-order valence-electron chi connectivity index (χ2n) is 4.42. The monoisotopic (exact) mass is 254 g/mol. The molecule has 2 aromatic heterocycles. The van der Waals surface area contributed by atoms with Gasteiger partial charge in [0.15, 0.2) is 0 Å². The van der Waals surface area contributed by atoms with Crippen LogP contribution in [0.3, 0.4) is 0 Å². The summed E-state index contributed by atoms with van der Waals surface area (Å²) in [5.74, 6) is 0. The van der Waals surface area contributed by atoms with Gasteiger partial charge in [-0.1, -0.05) is 18.2 Å². The predicted molar refractivity (Wildman–Crippen MR) is 73.7 cm³/mol. The van der Waals surface area contributed by atoms with Crippen molar-refractivity contribution in [1.82, 2.24) is 20.5 Å². The van der Waals surface area contributed by atoms with Crippen LogP contribution in [0.2, 0.25) is 0 Å². The van der Waals surface area contributed by atoms with Gasteiger partial charge in [-0.25, -0.2) is 0 Å². The molecule has 0 saturated carbocycles. The van der Waals surface area contributed by atoms with Crippen molar-refractivity contribution in [3.8, 4) is 0 Å². The molecule has 0 radical (unpaired) electrons. The zero-order chi connectivity index (χ0) is 13.1. The Kier molecular flexibility index (Phi) is 3.12. The van der Waals surface area contributed by atoms with E-state index >= 15 is 0 Å². The van der Waals surface area contributed by atoms with Crippen LogP contribution in [0.15, 0.2) is 47.5 Å². The van der Waals surface area contributed by atoms with Gasteiger partial charge >= 0.3 is 0 Å². The van der Waals surface area contributed by atoms with Gasteiger partial charge in [0.25, 0.3) is 5.56 Å². The minimum atomic E-state index is -0.0432. The molecule has 0 spiro atoms. The molecule has 0 unspecified atom stereocenters. The Morgan fingerprint density at radius 1 is 1.21 bits per heavy atom. The molecule has 5 nitrogen and oxygen atoms in total. The number of para-hydroxylation sites is 1. The van der Waals surface area contributed by atoms with Gasteiger partial charge in [-0.05, 0) is 17.5 Å². The summed E-state index contributed by atoms with van der Waals surface area (Å²) in [5.41, 5.74) is 2.63. The predicted octanol–water partition coefficient (Wildman–Crippen LogP) is 1.54. The van der Waals surface area contributed by atoms with Crippen LogP contribution in [0, 0.1) is 0 Å². The second-order valence-corrected chi connectivity index (χ2v) is 4.42. The Hall–Kier alpha value is -2.40. The van der Waals surface area contributed by atoms with Gasteiger partial charge in [0, 0.05) is 35.9 Å². The fraction of sp³-hybridized carbons (Fsp3) is 0.143. The normalized spacial score (nSPS) is 10.9. The van der Waals surface area contributed by atoms with Crippen molar-refractivity contribution in [2.24, 2.45) is 0 Å². The van der Waals surface area contributed by atoms with Crippen molar-refractivity contribution in [3.63, 3.8) is 0 Å². The molecule has 0 atom stereocenters. The van der Waals surface area contributed by atoms with E-state index in [9.17, 15) is 4.79 Å². The molecule has 19 heavy (non-hydrogen) atoms. The van der Waals surface area contributed by atoms with E-state index in [2.05, 4.69) is 20.5 Å². The Morgan fingerprint density at radius 3 is 2.95 bits per heavy atom. The largest absolute Gasteiger partial charge is 0.322 e. The number of benzene rings is 1. The summed E-state index contributed by atoms with van der Waals surface area (Å²) in [6.45, 7) is 1.22. The van der Waals surface area contributed by atoms with E-state index in [4.69, 9.17) is 0 Å². The number of hydrogen-bond acceptors (Lipinski definition) is 3. The maximum Gasteiger partial charge on any atom is 0.252 e. The molecule has 0 bridgehead atoms. The second kappa shape index (κ2) is 5.07. The molecule has 0 saturated heterocycles. The third-order valence-corrected chi connectivity index (χ3v) is 3.03. The van der Waals surface area contributed by atoms with Crippen LogP contribution in [0.25, 0.3) is 10.9 Å². The fourth-order valence-corrected chi connectivity index (χ4v) is 2.04. The summed E-state index contributed by atoms with van der Waals surface area (Å²) in [6.07, 6.45) is 3.59. The Labute approximate surface area is 109 Å². The molecule has 0 aliphatic rings. The first-order valence-corrected chi connectivity index (χ1v) is 6.12. The molecule has 3 N–H and O–H groups in total. The van der Waals surface area contributed by atoms with E-state index < -0.39 is 0 Å². The zero-order valence-electron chi connectivity index (χ0n) is 10.3. The van der Waals surface area contributed by atoms with Gasteiger partial charge in [-0.2, -0.15) is 5.10 Å². The molecule has 0 aliphatic carbocycles. The van der Waals surface area contributed by atoms with Gasteiger partial charge in [-0.3, -0.25) is 9.89 Å². The maximum absolute atomic E-state index is 11.9. The van der Waals surface area contributed by atoms with Crippen LogP contribution in [-0.2, 0) is 13.1 Å². The average Bonchev–Trinajstić information content (AvgIpc) is 2.92. The van der Waals surface area contributed by atoms with Crippen LogP contribution >= 0.6 is 0 Å². The first-order valence-electron chi connectivity index (χ1n) is 6.12. The molecular formula is C14H14N4O. The minimum absolute atomic E-state index is 0.0432. The van der Waals surface area contributed by atoms with Crippen LogP contribution in [0.4, 0.5) is 0 Å². The summed E-state index contributed by atoms with van der Waals surface area (Å²) in [7, 11) is 0. The van der Waals surface area contributed by atoms with Crippen LogP contribution in [0.5, 0.6) is 0 Å². The number of rotatable bonds is 4. The van der Waals surface area contributed by atoms with Crippen molar-refractivity contribution in [2.45, 2.75) is 13.1 Å². The number of H-pyrrole nitrogens is 2. The van der Waals surface area contributed by atoms with E-state index in [0.29, 0.717) is 13.1 Å². The van der Waals surface area contributed by atoms with Crippen LogP contribution in [0.1, 0.15) is 11.1 Å². The lowest BCUT2D eigenvalue weighted by molar-refractivity contribution is 0.689. The molecule has 96 valence electrons. The van der Waals surface area contributed by atoms with E-state index in [1.54, 1.807) is 6.20 Å². The van der Waals surface area contributed by atoms with E-state index in [-0.39, 0.29) is 5.56 Å². The lowest BCUT2D eigenvalue weighted by Crippen LogP contribution is -2.20. The molecule has 1 aromatic carbocycles. The molecule has 2 heterocycles. The first-order chi connectivity index (χ1) is 9.33. The zero-order valence-corrected chi connectivity index (χ0v) is 10.3. The molecule has 3 rings (SSSR count). The molecule has 0 aliphatic heterocycles.